The van der Waals surface area contributed by atoms with Crippen LogP contribution in [0.15, 0.2) is 36.4 Å². The van der Waals surface area contributed by atoms with Crippen LogP contribution in [0.2, 0.25) is 0 Å². The number of nitrogens with zero attached hydrogens (tertiary/aromatic N) is 2. The van der Waals surface area contributed by atoms with E-state index in [4.69, 9.17) is 10.5 Å². The van der Waals surface area contributed by atoms with Crippen molar-refractivity contribution in [3.63, 3.8) is 0 Å². The number of anilines is 1. The molecular weight excluding hydrogens is 496 g/mol. The van der Waals surface area contributed by atoms with E-state index in [9.17, 15) is 19.2 Å². The van der Waals surface area contributed by atoms with Gasteiger partial charge in [-0.05, 0) is 67.0 Å². The standard InChI is InChI=1S/C30H30N4O5/c1-39-25-15-19(6-8-23(25)31)28(37)33-13-11-30(12-14-33)16-20(30)7-5-18-3-2-4-21-22(18)17-34(29(21)38)24-9-10-26(35)32-27(24)36/h2-4,6,8,15,20,24H,9-14,16-17,31H2,1H3,(H,32,35,36)/t20-,24?/m1/s1. The number of fused-ring (bicyclic) bond motifs is 1. The Morgan fingerprint density at radius 1 is 1.15 bits per heavy atom. The molecular formula is C30H30N4O5. The maximum Gasteiger partial charge on any atom is 0.255 e. The molecule has 1 aliphatic carbocycles. The maximum atomic E-state index is 13.1. The molecule has 0 aromatic heterocycles. The summed E-state index contributed by atoms with van der Waals surface area (Å²) in [7, 11) is 1.54. The van der Waals surface area contributed by atoms with Crippen molar-refractivity contribution in [2.75, 3.05) is 25.9 Å². The van der Waals surface area contributed by atoms with Gasteiger partial charge in [-0.25, -0.2) is 0 Å². The molecule has 200 valence electrons. The van der Waals surface area contributed by atoms with Crippen molar-refractivity contribution in [1.29, 1.82) is 0 Å². The molecule has 9 nitrogen and oxygen atoms in total. The third-order valence-electron chi connectivity index (χ3n) is 8.68. The lowest BCUT2D eigenvalue weighted by atomic mass is 9.90. The van der Waals surface area contributed by atoms with Gasteiger partial charge in [0, 0.05) is 48.7 Å². The van der Waals surface area contributed by atoms with Crippen LogP contribution in [-0.2, 0) is 16.1 Å². The molecule has 3 aliphatic heterocycles. The number of hydrogen-bond acceptors (Lipinski definition) is 6. The molecule has 9 heteroatoms. The number of nitrogens with two attached hydrogens (primary N) is 1. The molecule has 0 radical (unpaired) electrons. The number of carbonyl (C=O) groups excluding carboxylic acids is 4. The molecule has 4 amide bonds. The van der Waals surface area contributed by atoms with Crippen molar-refractivity contribution >= 4 is 29.3 Å². The number of benzene rings is 2. The summed E-state index contributed by atoms with van der Waals surface area (Å²) < 4.78 is 5.26. The Balaban J connectivity index is 1.11. The van der Waals surface area contributed by atoms with Crippen molar-refractivity contribution in [2.45, 2.75) is 44.7 Å². The van der Waals surface area contributed by atoms with Crippen LogP contribution in [0.25, 0.3) is 0 Å². The topological polar surface area (TPSA) is 122 Å². The summed E-state index contributed by atoms with van der Waals surface area (Å²) in [6.45, 7) is 1.67. The number of nitrogen functional groups attached to an aromatic ring is 1. The van der Waals surface area contributed by atoms with E-state index >= 15 is 0 Å². The summed E-state index contributed by atoms with van der Waals surface area (Å²) in [4.78, 5) is 53.5. The lowest BCUT2D eigenvalue weighted by Gasteiger charge is -2.32. The third-order valence-corrected chi connectivity index (χ3v) is 8.68. The molecule has 1 spiro atoms. The van der Waals surface area contributed by atoms with Crippen LogP contribution in [0.1, 0.15) is 63.9 Å². The summed E-state index contributed by atoms with van der Waals surface area (Å²) in [5, 5.41) is 2.34. The lowest BCUT2D eigenvalue weighted by molar-refractivity contribution is -0.136. The monoisotopic (exact) mass is 526 g/mol. The van der Waals surface area contributed by atoms with Crippen LogP contribution in [0, 0.1) is 23.2 Å². The number of methoxy groups -OCH3 is 1. The van der Waals surface area contributed by atoms with Crippen LogP contribution < -0.4 is 15.8 Å². The van der Waals surface area contributed by atoms with Gasteiger partial charge in [0.05, 0.1) is 12.8 Å². The molecule has 4 aliphatic rings. The number of amides is 4. The Labute approximate surface area is 226 Å². The Hall–Kier alpha value is -4.32. The molecule has 3 heterocycles. The molecule has 3 N–H and O–H groups in total. The van der Waals surface area contributed by atoms with Crippen LogP contribution in [0.3, 0.4) is 0 Å². The molecule has 6 rings (SSSR count). The maximum absolute atomic E-state index is 13.1. The van der Waals surface area contributed by atoms with Gasteiger partial charge in [0.25, 0.3) is 11.8 Å². The van der Waals surface area contributed by atoms with E-state index in [0.717, 1.165) is 30.4 Å². The number of ether oxygens (including phenoxy) is 1. The molecule has 0 bridgehead atoms. The van der Waals surface area contributed by atoms with E-state index in [1.54, 1.807) is 29.2 Å². The van der Waals surface area contributed by atoms with Gasteiger partial charge in [0.2, 0.25) is 11.8 Å². The zero-order valence-electron chi connectivity index (χ0n) is 21.8. The van der Waals surface area contributed by atoms with Crippen molar-refractivity contribution in [2.24, 2.45) is 11.3 Å². The van der Waals surface area contributed by atoms with Gasteiger partial charge in [-0.1, -0.05) is 17.9 Å². The Kier molecular flexibility index (Phi) is 6.06. The van der Waals surface area contributed by atoms with Gasteiger partial charge in [0.1, 0.15) is 11.8 Å². The van der Waals surface area contributed by atoms with E-state index in [1.807, 2.05) is 17.0 Å². The molecule has 1 unspecified atom stereocenters. The summed E-state index contributed by atoms with van der Waals surface area (Å²) >= 11 is 0. The first-order valence-corrected chi connectivity index (χ1v) is 13.3. The lowest BCUT2D eigenvalue weighted by Crippen LogP contribution is -2.52. The number of piperidine rings is 2. The normalized spacial score (nSPS) is 23.2. The predicted molar refractivity (Wildman–Crippen MR) is 142 cm³/mol. The van der Waals surface area contributed by atoms with E-state index < -0.39 is 11.9 Å². The first kappa shape index (κ1) is 25.0. The van der Waals surface area contributed by atoms with E-state index in [1.165, 1.54) is 7.11 Å². The molecule has 1 saturated carbocycles. The highest BCUT2D eigenvalue weighted by atomic mass is 16.5. The Morgan fingerprint density at radius 3 is 2.69 bits per heavy atom. The Morgan fingerprint density at radius 2 is 1.95 bits per heavy atom. The number of carbonyl (C=O) groups is 4. The summed E-state index contributed by atoms with van der Waals surface area (Å²) in [6, 6.07) is 10.0. The van der Waals surface area contributed by atoms with Gasteiger partial charge < -0.3 is 20.3 Å². The summed E-state index contributed by atoms with van der Waals surface area (Å²) in [5.74, 6) is 6.61. The second kappa shape index (κ2) is 9.45. The van der Waals surface area contributed by atoms with Crippen molar-refractivity contribution in [1.82, 2.24) is 15.1 Å². The summed E-state index contributed by atoms with van der Waals surface area (Å²) in [6.07, 6.45) is 3.37. The Bertz CT molecular complexity index is 1460. The van der Waals surface area contributed by atoms with Gasteiger partial charge in [-0.2, -0.15) is 0 Å². The smallest absolute Gasteiger partial charge is 0.255 e. The zero-order valence-corrected chi connectivity index (χ0v) is 21.8. The van der Waals surface area contributed by atoms with Gasteiger partial charge in [-0.15, -0.1) is 0 Å². The van der Waals surface area contributed by atoms with Crippen LogP contribution in [0.4, 0.5) is 5.69 Å². The number of nitrogens with one attached hydrogen (secondary N) is 1. The fourth-order valence-corrected chi connectivity index (χ4v) is 6.15. The number of likely N-dealkylation sites (tertiary alicyclic amines) is 1. The SMILES string of the molecule is COc1cc(C(=O)N2CCC3(CC2)C[C@H]3C#Cc2cccc3c2CN(C2CCC(=O)NC2=O)C3=O)ccc1N. The third kappa shape index (κ3) is 4.40. The molecule has 2 saturated heterocycles. The van der Waals surface area contributed by atoms with Crippen molar-refractivity contribution in [3.05, 3.63) is 58.7 Å². The number of imide groups is 1. The minimum absolute atomic E-state index is 0.0171. The van der Waals surface area contributed by atoms with Gasteiger partial charge in [-0.3, -0.25) is 24.5 Å². The zero-order chi connectivity index (χ0) is 27.3. The fraction of sp³-hybridized carbons (Fsp3) is 0.400. The van der Waals surface area contributed by atoms with E-state index in [0.29, 0.717) is 48.6 Å². The predicted octanol–water partition coefficient (Wildman–Crippen LogP) is 2.33. The molecule has 39 heavy (non-hydrogen) atoms. The number of rotatable bonds is 3. The minimum Gasteiger partial charge on any atom is -0.495 e. The van der Waals surface area contributed by atoms with E-state index in [2.05, 4.69) is 17.2 Å². The molecule has 2 atom stereocenters. The number of hydrogen-bond donors (Lipinski definition) is 2. The molecule has 2 aromatic rings. The van der Waals surface area contributed by atoms with Gasteiger partial charge >= 0.3 is 0 Å². The first-order valence-electron chi connectivity index (χ1n) is 13.3. The average molecular weight is 527 g/mol. The second-order valence-corrected chi connectivity index (χ2v) is 10.9. The van der Waals surface area contributed by atoms with E-state index in [-0.39, 0.29) is 35.5 Å². The molecule has 3 fully saturated rings. The largest absolute Gasteiger partial charge is 0.495 e. The van der Waals surface area contributed by atoms with Crippen LogP contribution in [-0.4, -0.2) is 59.7 Å². The molecule has 2 aromatic carbocycles. The fourth-order valence-electron chi connectivity index (χ4n) is 6.15. The first-order chi connectivity index (χ1) is 18.8. The second-order valence-electron chi connectivity index (χ2n) is 10.9. The highest BCUT2D eigenvalue weighted by molar-refractivity contribution is 6.05. The van der Waals surface area contributed by atoms with Crippen LogP contribution in [0.5, 0.6) is 5.75 Å². The van der Waals surface area contributed by atoms with Gasteiger partial charge in [0.15, 0.2) is 0 Å². The summed E-state index contributed by atoms with van der Waals surface area (Å²) in [5.41, 5.74) is 9.32. The minimum atomic E-state index is -0.641. The quantitative estimate of drug-likeness (QED) is 0.360. The highest BCUT2D eigenvalue weighted by Crippen LogP contribution is 2.59. The van der Waals surface area contributed by atoms with Crippen molar-refractivity contribution < 1.29 is 23.9 Å². The van der Waals surface area contributed by atoms with Crippen molar-refractivity contribution in [3.8, 4) is 17.6 Å². The highest BCUT2D eigenvalue weighted by Gasteiger charge is 2.54. The average Bonchev–Trinajstić information content (AvgIpc) is 3.50. The van der Waals surface area contributed by atoms with Crippen LogP contribution >= 0.6 is 0 Å².